The summed E-state index contributed by atoms with van der Waals surface area (Å²) in [6, 6.07) is 3.85. The van der Waals surface area contributed by atoms with E-state index >= 15 is 0 Å². The second-order valence-electron chi connectivity index (χ2n) is 4.87. The first-order valence-corrected chi connectivity index (χ1v) is 6.06. The largest absolute Gasteiger partial charge is 0.480 e. The molecule has 6 nitrogen and oxygen atoms in total. The first-order chi connectivity index (χ1) is 8.82. The number of carboxylic acid groups (broad SMARTS) is 1. The molecule has 0 saturated carbocycles. The maximum absolute atomic E-state index is 11.2. The van der Waals surface area contributed by atoms with E-state index in [0.717, 1.165) is 0 Å². The summed E-state index contributed by atoms with van der Waals surface area (Å²) in [5, 5.41) is 22.9. The molecule has 19 heavy (non-hydrogen) atoms. The van der Waals surface area contributed by atoms with Gasteiger partial charge < -0.3 is 10.4 Å². The second-order valence-corrected chi connectivity index (χ2v) is 4.87. The van der Waals surface area contributed by atoms with Crippen molar-refractivity contribution in [1.82, 2.24) is 0 Å². The highest BCUT2D eigenvalue weighted by molar-refractivity contribution is 5.78. The van der Waals surface area contributed by atoms with E-state index in [1.54, 1.807) is 19.1 Å². The van der Waals surface area contributed by atoms with Crippen LogP contribution in [0.15, 0.2) is 18.2 Å². The molecule has 1 atom stereocenters. The molecule has 0 fully saturated rings. The van der Waals surface area contributed by atoms with E-state index in [0.29, 0.717) is 17.7 Å². The lowest BCUT2D eigenvalue weighted by Crippen LogP contribution is -2.31. The summed E-state index contributed by atoms with van der Waals surface area (Å²) in [7, 11) is 0. The molecule has 0 heterocycles. The van der Waals surface area contributed by atoms with Crippen molar-refractivity contribution in [1.29, 1.82) is 0 Å². The van der Waals surface area contributed by atoms with Crippen molar-refractivity contribution in [3.05, 3.63) is 33.9 Å². The van der Waals surface area contributed by atoms with Gasteiger partial charge in [-0.2, -0.15) is 0 Å². The van der Waals surface area contributed by atoms with Gasteiger partial charge in [-0.25, -0.2) is 4.79 Å². The summed E-state index contributed by atoms with van der Waals surface area (Å²) in [4.78, 5) is 21.5. The van der Waals surface area contributed by atoms with E-state index in [2.05, 4.69) is 5.32 Å². The second kappa shape index (κ2) is 6.17. The van der Waals surface area contributed by atoms with Gasteiger partial charge in [0.25, 0.3) is 5.69 Å². The Morgan fingerprint density at radius 3 is 2.58 bits per heavy atom. The fourth-order valence-electron chi connectivity index (χ4n) is 1.86. The van der Waals surface area contributed by atoms with Crippen molar-refractivity contribution in [2.75, 3.05) is 5.32 Å². The molecule has 0 radical (unpaired) electrons. The minimum atomic E-state index is -0.959. The van der Waals surface area contributed by atoms with Gasteiger partial charge >= 0.3 is 5.97 Å². The number of benzene rings is 1. The molecule has 1 aromatic carbocycles. The van der Waals surface area contributed by atoms with Crippen molar-refractivity contribution in [2.45, 2.75) is 33.2 Å². The Hall–Kier alpha value is -2.11. The zero-order valence-electron chi connectivity index (χ0n) is 11.2. The number of aliphatic carboxylic acids is 1. The third-order valence-electron chi connectivity index (χ3n) is 2.84. The molecule has 0 amide bonds. The third-order valence-corrected chi connectivity index (χ3v) is 2.84. The average molecular weight is 266 g/mol. The molecule has 0 aromatic heterocycles. The molecule has 1 aromatic rings. The minimum absolute atomic E-state index is 0.0151. The molecular formula is C13H18N2O4. The van der Waals surface area contributed by atoms with Gasteiger partial charge in [0.1, 0.15) is 6.04 Å². The maximum atomic E-state index is 11.2. The molecule has 0 saturated heterocycles. The summed E-state index contributed by atoms with van der Waals surface area (Å²) in [6.45, 7) is 5.46. The van der Waals surface area contributed by atoms with E-state index in [1.807, 2.05) is 13.8 Å². The monoisotopic (exact) mass is 266 g/mol. The molecule has 0 aliphatic heterocycles. The van der Waals surface area contributed by atoms with E-state index < -0.39 is 16.9 Å². The predicted molar refractivity (Wildman–Crippen MR) is 72.3 cm³/mol. The van der Waals surface area contributed by atoms with Gasteiger partial charge in [0.05, 0.1) is 4.92 Å². The van der Waals surface area contributed by atoms with Crippen molar-refractivity contribution in [2.24, 2.45) is 5.92 Å². The molecule has 1 rings (SSSR count). The number of nitrogens with one attached hydrogen (secondary N) is 1. The van der Waals surface area contributed by atoms with Gasteiger partial charge in [-0.15, -0.1) is 0 Å². The number of nitro benzene ring substituents is 1. The third kappa shape index (κ3) is 3.94. The summed E-state index contributed by atoms with van der Waals surface area (Å²) in [5.41, 5.74) is 0.920. The number of nitro groups is 1. The molecule has 0 aliphatic carbocycles. The fraction of sp³-hybridized carbons (Fsp3) is 0.462. The molecule has 6 heteroatoms. The van der Waals surface area contributed by atoms with Gasteiger partial charge in [0.15, 0.2) is 0 Å². The van der Waals surface area contributed by atoms with Crippen LogP contribution in [0.3, 0.4) is 0 Å². The zero-order chi connectivity index (χ0) is 14.6. The lowest BCUT2D eigenvalue weighted by Gasteiger charge is -2.18. The number of carbonyl (C=O) groups is 1. The lowest BCUT2D eigenvalue weighted by atomic mass is 10.0. The first kappa shape index (κ1) is 14.9. The van der Waals surface area contributed by atoms with E-state index in [9.17, 15) is 14.9 Å². The Balaban J connectivity index is 3.00. The number of hydrogen-bond donors (Lipinski definition) is 2. The smallest absolute Gasteiger partial charge is 0.326 e. The SMILES string of the molecule is Cc1c(NC(CC(C)C)C(=O)O)cccc1[N+](=O)[O-]. The van der Waals surface area contributed by atoms with Crippen LogP contribution in [0.1, 0.15) is 25.8 Å². The van der Waals surface area contributed by atoms with Crippen LogP contribution < -0.4 is 5.32 Å². The maximum Gasteiger partial charge on any atom is 0.326 e. The lowest BCUT2D eigenvalue weighted by molar-refractivity contribution is -0.385. The Labute approximate surface area is 111 Å². The molecule has 0 bridgehead atoms. The van der Waals surface area contributed by atoms with Gasteiger partial charge in [-0.05, 0) is 25.3 Å². The van der Waals surface area contributed by atoms with Gasteiger partial charge in [-0.1, -0.05) is 19.9 Å². The highest BCUT2D eigenvalue weighted by Crippen LogP contribution is 2.26. The zero-order valence-corrected chi connectivity index (χ0v) is 11.2. The van der Waals surface area contributed by atoms with E-state index in [4.69, 9.17) is 5.11 Å². The predicted octanol–water partition coefficient (Wildman–Crippen LogP) is 2.81. The van der Waals surface area contributed by atoms with Crippen LogP contribution in [0.2, 0.25) is 0 Å². The topological polar surface area (TPSA) is 92.5 Å². The molecule has 104 valence electrons. The van der Waals surface area contributed by atoms with Crippen LogP contribution in [-0.4, -0.2) is 22.0 Å². The summed E-state index contributed by atoms with van der Waals surface area (Å²) >= 11 is 0. The quantitative estimate of drug-likeness (QED) is 0.610. The van der Waals surface area contributed by atoms with Crippen LogP contribution in [0.4, 0.5) is 11.4 Å². The van der Waals surface area contributed by atoms with Gasteiger partial charge in [-0.3, -0.25) is 10.1 Å². The Morgan fingerprint density at radius 2 is 2.11 bits per heavy atom. The summed E-state index contributed by atoms with van der Waals surface area (Å²) in [6.07, 6.45) is 0.456. The Kier molecular flexibility index (Phi) is 4.86. The van der Waals surface area contributed by atoms with Crippen LogP contribution >= 0.6 is 0 Å². The average Bonchev–Trinajstić information content (AvgIpc) is 2.29. The standard InChI is InChI=1S/C13H18N2O4/c1-8(2)7-11(13(16)17)14-10-5-4-6-12(9(10)3)15(18)19/h4-6,8,11,14H,7H2,1-3H3,(H,16,17). The highest BCUT2D eigenvalue weighted by Gasteiger charge is 2.21. The van der Waals surface area contributed by atoms with Crippen LogP contribution in [0.25, 0.3) is 0 Å². The van der Waals surface area contributed by atoms with Gasteiger partial charge in [0, 0.05) is 17.3 Å². The fourth-order valence-corrected chi connectivity index (χ4v) is 1.86. The number of nitrogens with zero attached hydrogens (tertiary/aromatic N) is 1. The summed E-state index contributed by atoms with van der Waals surface area (Å²) in [5.74, 6) is -0.743. The van der Waals surface area contributed by atoms with Gasteiger partial charge in [0.2, 0.25) is 0 Å². The summed E-state index contributed by atoms with van der Waals surface area (Å²) < 4.78 is 0. The van der Waals surface area contributed by atoms with Crippen LogP contribution in [0, 0.1) is 23.0 Å². The first-order valence-electron chi connectivity index (χ1n) is 6.06. The normalized spacial score (nSPS) is 12.2. The number of carboxylic acids is 1. The van der Waals surface area contributed by atoms with Crippen molar-refractivity contribution in [3.63, 3.8) is 0 Å². The number of hydrogen-bond acceptors (Lipinski definition) is 4. The van der Waals surface area contributed by atoms with E-state index in [-0.39, 0.29) is 11.6 Å². The molecule has 0 spiro atoms. The van der Waals surface area contributed by atoms with Crippen molar-refractivity contribution in [3.8, 4) is 0 Å². The number of rotatable bonds is 6. The van der Waals surface area contributed by atoms with Crippen LogP contribution in [0.5, 0.6) is 0 Å². The minimum Gasteiger partial charge on any atom is -0.480 e. The molecule has 1 unspecified atom stereocenters. The molecule has 0 aliphatic rings. The Bertz CT molecular complexity index is 486. The molecular weight excluding hydrogens is 248 g/mol. The van der Waals surface area contributed by atoms with Crippen molar-refractivity contribution < 1.29 is 14.8 Å². The van der Waals surface area contributed by atoms with Crippen LogP contribution in [-0.2, 0) is 4.79 Å². The highest BCUT2D eigenvalue weighted by atomic mass is 16.6. The van der Waals surface area contributed by atoms with E-state index in [1.165, 1.54) is 6.07 Å². The molecule has 2 N–H and O–H groups in total. The number of anilines is 1. The Morgan fingerprint density at radius 1 is 1.47 bits per heavy atom. The van der Waals surface area contributed by atoms with Crippen molar-refractivity contribution >= 4 is 17.3 Å².